The first-order chi connectivity index (χ1) is 9.52. The number of hydrogen-bond acceptors (Lipinski definition) is 5. The first kappa shape index (κ1) is 15.5. The molecule has 0 aliphatic heterocycles. The molecular weight excluding hydrogens is 268 g/mol. The molecule has 0 fully saturated rings. The SMILES string of the molecule is COC(=O)C[C@H](NC(=O)NCCc1ncc[nH]1)C(=O)O. The number of rotatable bonds is 7. The van der Waals surface area contributed by atoms with E-state index in [0.29, 0.717) is 12.2 Å². The number of carbonyl (C=O) groups excluding carboxylic acids is 2. The maximum atomic E-state index is 11.5. The molecule has 0 unspecified atom stereocenters. The van der Waals surface area contributed by atoms with Crippen LogP contribution in [-0.2, 0) is 20.7 Å². The number of aliphatic carboxylic acids is 1. The minimum atomic E-state index is -1.33. The monoisotopic (exact) mass is 284 g/mol. The number of nitrogens with zero attached hydrogens (tertiary/aromatic N) is 1. The van der Waals surface area contributed by atoms with Crippen LogP contribution >= 0.6 is 0 Å². The van der Waals surface area contributed by atoms with E-state index in [1.54, 1.807) is 12.4 Å². The molecule has 0 aliphatic carbocycles. The number of methoxy groups -OCH3 is 1. The third kappa shape index (κ3) is 5.38. The van der Waals surface area contributed by atoms with Crippen molar-refractivity contribution < 1.29 is 24.2 Å². The van der Waals surface area contributed by atoms with Crippen molar-refractivity contribution in [2.24, 2.45) is 0 Å². The number of aromatic amines is 1. The molecule has 1 aromatic rings. The lowest BCUT2D eigenvalue weighted by Gasteiger charge is -2.13. The first-order valence-corrected chi connectivity index (χ1v) is 5.85. The number of carboxylic acids is 1. The molecular formula is C11H16N4O5. The number of imidazole rings is 1. The normalized spacial score (nSPS) is 11.4. The molecule has 2 amide bonds. The molecule has 0 bridgehead atoms. The van der Waals surface area contributed by atoms with E-state index in [2.05, 4.69) is 25.3 Å². The summed E-state index contributed by atoms with van der Waals surface area (Å²) in [6, 6.07) is -2.00. The summed E-state index contributed by atoms with van der Waals surface area (Å²) < 4.78 is 4.36. The number of carboxylic acid groups (broad SMARTS) is 1. The van der Waals surface area contributed by atoms with E-state index >= 15 is 0 Å². The van der Waals surface area contributed by atoms with Crippen LogP contribution in [-0.4, -0.2) is 52.7 Å². The molecule has 1 aromatic heterocycles. The maximum Gasteiger partial charge on any atom is 0.326 e. The number of amides is 2. The molecule has 0 spiro atoms. The van der Waals surface area contributed by atoms with Gasteiger partial charge in [0.15, 0.2) is 0 Å². The predicted octanol–water partition coefficient (Wildman–Crippen LogP) is -0.732. The molecule has 9 nitrogen and oxygen atoms in total. The molecule has 1 atom stereocenters. The van der Waals surface area contributed by atoms with Crippen molar-refractivity contribution in [3.05, 3.63) is 18.2 Å². The highest BCUT2D eigenvalue weighted by Gasteiger charge is 2.23. The fourth-order valence-electron chi connectivity index (χ4n) is 1.39. The number of carbonyl (C=O) groups is 3. The summed E-state index contributed by atoms with van der Waals surface area (Å²) in [5, 5.41) is 13.5. The maximum absolute atomic E-state index is 11.5. The second-order valence-electron chi connectivity index (χ2n) is 3.86. The smallest absolute Gasteiger partial charge is 0.326 e. The van der Waals surface area contributed by atoms with Crippen LogP contribution in [0, 0.1) is 0 Å². The second-order valence-corrected chi connectivity index (χ2v) is 3.86. The van der Waals surface area contributed by atoms with Crippen LogP contribution < -0.4 is 10.6 Å². The lowest BCUT2D eigenvalue weighted by Crippen LogP contribution is -2.47. The van der Waals surface area contributed by atoms with Gasteiger partial charge in [-0.15, -0.1) is 0 Å². The van der Waals surface area contributed by atoms with E-state index in [9.17, 15) is 14.4 Å². The Morgan fingerprint density at radius 1 is 1.50 bits per heavy atom. The van der Waals surface area contributed by atoms with Crippen LogP contribution in [0.4, 0.5) is 4.79 Å². The third-order valence-corrected chi connectivity index (χ3v) is 2.40. The number of esters is 1. The third-order valence-electron chi connectivity index (χ3n) is 2.40. The Morgan fingerprint density at radius 3 is 2.80 bits per heavy atom. The summed E-state index contributed by atoms with van der Waals surface area (Å²) in [4.78, 5) is 40.2. The molecule has 1 heterocycles. The molecule has 110 valence electrons. The largest absolute Gasteiger partial charge is 0.480 e. The van der Waals surface area contributed by atoms with Crippen LogP contribution in [0.2, 0.25) is 0 Å². The number of aromatic nitrogens is 2. The highest BCUT2D eigenvalue weighted by molar-refractivity contribution is 5.86. The Hall–Kier alpha value is -2.58. The van der Waals surface area contributed by atoms with Crippen LogP contribution in [0.25, 0.3) is 0 Å². The molecule has 0 aromatic carbocycles. The van der Waals surface area contributed by atoms with Gasteiger partial charge < -0.3 is 25.5 Å². The van der Waals surface area contributed by atoms with Crippen molar-refractivity contribution in [3.63, 3.8) is 0 Å². The van der Waals surface area contributed by atoms with E-state index < -0.39 is 30.4 Å². The second kappa shape index (κ2) is 7.77. The quantitative estimate of drug-likeness (QED) is 0.488. The van der Waals surface area contributed by atoms with E-state index in [-0.39, 0.29) is 6.54 Å². The lowest BCUT2D eigenvalue weighted by molar-refractivity contribution is -0.147. The summed E-state index contributed by atoms with van der Waals surface area (Å²) >= 11 is 0. The van der Waals surface area contributed by atoms with E-state index in [1.807, 2.05) is 0 Å². The van der Waals surface area contributed by atoms with Gasteiger partial charge in [0.05, 0.1) is 13.5 Å². The van der Waals surface area contributed by atoms with Gasteiger partial charge in [-0.1, -0.05) is 0 Å². The number of H-pyrrole nitrogens is 1. The van der Waals surface area contributed by atoms with Crippen molar-refractivity contribution >= 4 is 18.0 Å². The zero-order valence-electron chi connectivity index (χ0n) is 10.9. The van der Waals surface area contributed by atoms with Crippen LogP contribution in [0.15, 0.2) is 12.4 Å². The molecule has 0 saturated heterocycles. The van der Waals surface area contributed by atoms with E-state index in [4.69, 9.17) is 5.11 Å². The Labute approximate surface area is 114 Å². The molecule has 20 heavy (non-hydrogen) atoms. The highest BCUT2D eigenvalue weighted by atomic mass is 16.5. The van der Waals surface area contributed by atoms with Gasteiger partial charge in [-0.3, -0.25) is 4.79 Å². The summed E-state index contributed by atoms with van der Waals surface area (Å²) in [5.41, 5.74) is 0. The Kier molecular flexibility index (Phi) is 6.01. The van der Waals surface area contributed by atoms with E-state index in [0.717, 1.165) is 7.11 Å². The van der Waals surface area contributed by atoms with E-state index in [1.165, 1.54) is 0 Å². The van der Waals surface area contributed by atoms with Crippen molar-refractivity contribution in [2.45, 2.75) is 18.9 Å². The van der Waals surface area contributed by atoms with Crippen molar-refractivity contribution in [1.29, 1.82) is 0 Å². The molecule has 1 rings (SSSR count). The van der Waals surface area contributed by atoms with Crippen molar-refractivity contribution in [2.75, 3.05) is 13.7 Å². The molecule has 0 saturated carbocycles. The average Bonchev–Trinajstić information content (AvgIpc) is 2.90. The van der Waals surface area contributed by atoms with Gasteiger partial charge in [0.2, 0.25) is 0 Å². The minimum absolute atomic E-state index is 0.282. The van der Waals surface area contributed by atoms with Crippen molar-refractivity contribution in [3.8, 4) is 0 Å². The molecule has 0 radical (unpaired) electrons. The van der Waals surface area contributed by atoms with Gasteiger partial charge in [0, 0.05) is 25.4 Å². The number of ether oxygens (including phenoxy) is 1. The Morgan fingerprint density at radius 2 is 2.25 bits per heavy atom. The number of nitrogens with one attached hydrogen (secondary N) is 3. The van der Waals surface area contributed by atoms with Crippen LogP contribution in [0.5, 0.6) is 0 Å². The topological polar surface area (TPSA) is 133 Å². The standard InChI is InChI=1S/C11H16N4O5/c1-20-9(16)6-7(10(17)18)15-11(19)14-3-2-8-12-4-5-13-8/h4-5,7H,2-3,6H2,1H3,(H,12,13)(H,17,18)(H2,14,15,19)/t7-/m0/s1. The van der Waals surface area contributed by atoms with Gasteiger partial charge in [-0.05, 0) is 0 Å². The van der Waals surface area contributed by atoms with Gasteiger partial charge >= 0.3 is 18.0 Å². The average molecular weight is 284 g/mol. The fraction of sp³-hybridized carbons (Fsp3) is 0.455. The summed E-state index contributed by atoms with van der Waals surface area (Å²) in [7, 11) is 1.14. The first-order valence-electron chi connectivity index (χ1n) is 5.85. The zero-order valence-corrected chi connectivity index (χ0v) is 10.9. The zero-order chi connectivity index (χ0) is 15.0. The summed E-state index contributed by atoms with van der Waals surface area (Å²) in [6.07, 6.45) is 3.30. The molecule has 0 aliphatic rings. The fourth-order valence-corrected chi connectivity index (χ4v) is 1.39. The molecule has 4 N–H and O–H groups in total. The van der Waals surface area contributed by atoms with Gasteiger partial charge in [0.1, 0.15) is 11.9 Å². The molecule has 9 heteroatoms. The Balaban J connectivity index is 2.34. The number of urea groups is 1. The summed E-state index contributed by atoms with van der Waals surface area (Å²) in [5.74, 6) is -1.32. The van der Waals surface area contributed by atoms with Crippen LogP contribution in [0.1, 0.15) is 12.2 Å². The highest BCUT2D eigenvalue weighted by Crippen LogP contribution is 1.95. The number of hydrogen-bond donors (Lipinski definition) is 4. The van der Waals surface area contributed by atoms with Gasteiger partial charge in [-0.25, -0.2) is 14.6 Å². The predicted molar refractivity (Wildman–Crippen MR) is 66.9 cm³/mol. The lowest BCUT2D eigenvalue weighted by atomic mass is 10.2. The van der Waals surface area contributed by atoms with Gasteiger partial charge in [-0.2, -0.15) is 0 Å². The minimum Gasteiger partial charge on any atom is -0.480 e. The summed E-state index contributed by atoms with van der Waals surface area (Å²) in [6.45, 7) is 0.282. The van der Waals surface area contributed by atoms with Crippen LogP contribution in [0.3, 0.4) is 0 Å². The van der Waals surface area contributed by atoms with Gasteiger partial charge in [0.25, 0.3) is 0 Å². The van der Waals surface area contributed by atoms with Crippen molar-refractivity contribution in [1.82, 2.24) is 20.6 Å². The Bertz CT molecular complexity index is 459.